The molecule has 0 bridgehead atoms. The van der Waals surface area contributed by atoms with Crippen molar-refractivity contribution < 1.29 is 18.7 Å². The number of carbonyl (C=O) groups is 2. The van der Waals surface area contributed by atoms with Crippen LogP contribution < -0.4 is 10.2 Å². The zero-order chi connectivity index (χ0) is 22.8. The second kappa shape index (κ2) is 8.70. The van der Waals surface area contributed by atoms with Gasteiger partial charge in [0.2, 0.25) is 0 Å². The summed E-state index contributed by atoms with van der Waals surface area (Å²) in [7, 11) is 0. The van der Waals surface area contributed by atoms with Gasteiger partial charge in [0.25, 0.3) is 5.91 Å². The molecule has 164 valence electrons. The van der Waals surface area contributed by atoms with Crippen molar-refractivity contribution in [3.05, 3.63) is 95.9 Å². The Morgan fingerprint density at radius 1 is 1.06 bits per heavy atom. The summed E-state index contributed by atoms with van der Waals surface area (Å²) in [5, 5.41) is 3.80. The molecule has 1 N–H and O–H groups in total. The SMILES string of the molecule is O=C(NCc1ccc(-c2ccc(N3CCOC3=O)cc2F)cc1)c1cnc2ccccc2c1. The number of anilines is 1. The van der Waals surface area contributed by atoms with Crippen LogP contribution in [0.25, 0.3) is 22.0 Å². The summed E-state index contributed by atoms with van der Waals surface area (Å²) in [6, 6.07) is 21.4. The smallest absolute Gasteiger partial charge is 0.414 e. The summed E-state index contributed by atoms with van der Waals surface area (Å²) in [5.74, 6) is -0.628. The van der Waals surface area contributed by atoms with Gasteiger partial charge in [0, 0.05) is 23.7 Å². The molecule has 0 spiro atoms. The summed E-state index contributed by atoms with van der Waals surface area (Å²) >= 11 is 0. The molecular weight excluding hydrogens is 421 g/mol. The van der Waals surface area contributed by atoms with E-state index in [1.54, 1.807) is 30.5 Å². The van der Waals surface area contributed by atoms with Crippen molar-refractivity contribution in [1.29, 1.82) is 0 Å². The maximum atomic E-state index is 14.7. The molecule has 0 saturated carbocycles. The third-order valence-electron chi connectivity index (χ3n) is 5.60. The summed E-state index contributed by atoms with van der Waals surface area (Å²) in [5.41, 5.74) is 3.83. The number of aromatic nitrogens is 1. The van der Waals surface area contributed by atoms with Gasteiger partial charge in [0.1, 0.15) is 12.4 Å². The molecule has 1 aliphatic rings. The molecule has 33 heavy (non-hydrogen) atoms. The summed E-state index contributed by atoms with van der Waals surface area (Å²) in [6.45, 7) is 1.05. The second-order valence-corrected chi connectivity index (χ2v) is 7.73. The molecule has 2 heterocycles. The second-order valence-electron chi connectivity index (χ2n) is 7.73. The van der Waals surface area contributed by atoms with Crippen molar-refractivity contribution in [2.24, 2.45) is 0 Å². The average molecular weight is 441 g/mol. The minimum atomic E-state index is -0.465. The molecule has 4 aromatic rings. The summed E-state index contributed by atoms with van der Waals surface area (Å²) in [6.07, 6.45) is 1.10. The van der Waals surface area contributed by atoms with Gasteiger partial charge in [-0.3, -0.25) is 14.7 Å². The number of hydrogen-bond donors (Lipinski definition) is 1. The fourth-order valence-corrected chi connectivity index (χ4v) is 3.82. The zero-order valence-corrected chi connectivity index (χ0v) is 17.6. The van der Waals surface area contributed by atoms with Gasteiger partial charge < -0.3 is 10.1 Å². The van der Waals surface area contributed by atoms with E-state index in [4.69, 9.17) is 4.74 Å². The van der Waals surface area contributed by atoms with E-state index < -0.39 is 11.9 Å². The Hall–Kier alpha value is -4.26. The molecule has 0 aliphatic carbocycles. The Morgan fingerprint density at radius 3 is 2.64 bits per heavy atom. The maximum Gasteiger partial charge on any atom is 0.414 e. The van der Waals surface area contributed by atoms with E-state index in [9.17, 15) is 14.0 Å². The van der Waals surface area contributed by atoms with E-state index in [2.05, 4.69) is 10.3 Å². The average Bonchev–Trinajstić information content (AvgIpc) is 3.28. The molecule has 3 aromatic carbocycles. The Balaban J connectivity index is 1.25. The molecule has 1 aliphatic heterocycles. The van der Waals surface area contributed by atoms with E-state index in [0.717, 1.165) is 16.5 Å². The molecule has 1 saturated heterocycles. The molecule has 2 amide bonds. The quantitative estimate of drug-likeness (QED) is 0.477. The van der Waals surface area contributed by atoms with Crippen LogP contribution in [0.15, 0.2) is 79.0 Å². The highest BCUT2D eigenvalue weighted by Crippen LogP contribution is 2.28. The highest BCUT2D eigenvalue weighted by molar-refractivity contribution is 5.97. The Bertz CT molecular complexity index is 1350. The van der Waals surface area contributed by atoms with Crippen molar-refractivity contribution in [3.63, 3.8) is 0 Å². The first-order chi connectivity index (χ1) is 16.1. The number of benzene rings is 3. The van der Waals surface area contributed by atoms with Gasteiger partial charge in [0.05, 0.1) is 23.3 Å². The van der Waals surface area contributed by atoms with Crippen molar-refractivity contribution in [2.75, 3.05) is 18.1 Å². The number of amides is 2. The van der Waals surface area contributed by atoms with E-state index in [0.29, 0.717) is 42.1 Å². The standard InChI is InChI=1S/C26H20FN3O3/c27-23-14-21(30-11-12-33-26(30)32)9-10-22(23)18-7-5-17(6-8-18)15-29-25(31)20-13-19-3-1-2-4-24(19)28-16-20/h1-10,13-14,16H,11-12,15H2,(H,29,31). The first-order valence-corrected chi connectivity index (χ1v) is 10.5. The van der Waals surface area contributed by atoms with Gasteiger partial charge in [-0.1, -0.05) is 42.5 Å². The van der Waals surface area contributed by atoms with Crippen molar-refractivity contribution in [2.45, 2.75) is 6.54 Å². The van der Waals surface area contributed by atoms with Gasteiger partial charge in [-0.2, -0.15) is 0 Å². The number of fused-ring (bicyclic) bond motifs is 1. The van der Waals surface area contributed by atoms with Crippen LogP contribution in [0.3, 0.4) is 0 Å². The van der Waals surface area contributed by atoms with Crippen LogP contribution in [-0.2, 0) is 11.3 Å². The van der Waals surface area contributed by atoms with Crippen LogP contribution in [0.4, 0.5) is 14.9 Å². The molecule has 7 heteroatoms. The van der Waals surface area contributed by atoms with Crippen LogP contribution in [0.1, 0.15) is 15.9 Å². The van der Waals surface area contributed by atoms with Crippen molar-refractivity contribution in [1.82, 2.24) is 10.3 Å². The van der Waals surface area contributed by atoms with Crippen LogP contribution in [0.5, 0.6) is 0 Å². The van der Waals surface area contributed by atoms with Gasteiger partial charge in [-0.15, -0.1) is 0 Å². The fraction of sp³-hybridized carbons (Fsp3) is 0.115. The molecule has 0 radical (unpaired) electrons. The zero-order valence-electron chi connectivity index (χ0n) is 17.6. The van der Waals surface area contributed by atoms with Crippen molar-refractivity contribution in [3.8, 4) is 11.1 Å². The lowest BCUT2D eigenvalue weighted by Gasteiger charge is -2.14. The highest BCUT2D eigenvalue weighted by atomic mass is 19.1. The Morgan fingerprint density at radius 2 is 1.88 bits per heavy atom. The summed E-state index contributed by atoms with van der Waals surface area (Å²) in [4.78, 5) is 29.9. The van der Waals surface area contributed by atoms with Gasteiger partial charge in [-0.05, 0) is 41.5 Å². The lowest BCUT2D eigenvalue weighted by atomic mass is 10.0. The normalized spacial score (nSPS) is 13.2. The Kier molecular flexibility index (Phi) is 5.44. The highest BCUT2D eigenvalue weighted by Gasteiger charge is 2.24. The van der Waals surface area contributed by atoms with Crippen LogP contribution in [-0.4, -0.2) is 30.1 Å². The van der Waals surface area contributed by atoms with E-state index >= 15 is 0 Å². The monoisotopic (exact) mass is 441 g/mol. The van der Waals surface area contributed by atoms with Gasteiger partial charge in [0.15, 0.2) is 0 Å². The molecule has 0 atom stereocenters. The lowest BCUT2D eigenvalue weighted by molar-refractivity contribution is 0.0950. The van der Waals surface area contributed by atoms with E-state index in [1.807, 2.05) is 42.5 Å². The topological polar surface area (TPSA) is 71.5 Å². The predicted molar refractivity (Wildman–Crippen MR) is 123 cm³/mol. The fourth-order valence-electron chi connectivity index (χ4n) is 3.82. The largest absolute Gasteiger partial charge is 0.447 e. The molecule has 1 aromatic heterocycles. The number of para-hydroxylation sites is 1. The number of nitrogens with zero attached hydrogens (tertiary/aromatic N) is 2. The number of rotatable bonds is 5. The van der Waals surface area contributed by atoms with E-state index in [1.165, 1.54) is 11.0 Å². The molecule has 6 nitrogen and oxygen atoms in total. The summed E-state index contributed by atoms with van der Waals surface area (Å²) < 4.78 is 19.6. The Labute approximate surface area is 189 Å². The maximum absolute atomic E-state index is 14.7. The van der Waals surface area contributed by atoms with Gasteiger partial charge in [-0.25, -0.2) is 9.18 Å². The predicted octanol–water partition coefficient (Wildman–Crippen LogP) is 4.93. The number of hydrogen-bond acceptors (Lipinski definition) is 4. The van der Waals surface area contributed by atoms with Crippen LogP contribution in [0.2, 0.25) is 0 Å². The number of cyclic esters (lactones) is 1. The molecule has 0 unspecified atom stereocenters. The number of nitrogens with one attached hydrogen (secondary N) is 1. The number of pyridine rings is 1. The molecule has 1 fully saturated rings. The number of carbonyl (C=O) groups excluding carboxylic acids is 2. The third kappa shape index (κ3) is 4.25. The van der Waals surface area contributed by atoms with Crippen molar-refractivity contribution >= 4 is 28.6 Å². The third-order valence-corrected chi connectivity index (χ3v) is 5.60. The first kappa shape index (κ1) is 20.6. The van der Waals surface area contributed by atoms with E-state index in [-0.39, 0.29) is 5.91 Å². The minimum absolute atomic E-state index is 0.209. The minimum Gasteiger partial charge on any atom is -0.447 e. The lowest BCUT2D eigenvalue weighted by Crippen LogP contribution is -2.23. The number of halogens is 1. The molecule has 5 rings (SSSR count). The first-order valence-electron chi connectivity index (χ1n) is 10.5. The number of ether oxygens (including phenoxy) is 1. The molecular formula is C26H20FN3O3. The van der Waals surface area contributed by atoms with Crippen LogP contribution in [0, 0.1) is 5.82 Å². The van der Waals surface area contributed by atoms with Gasteiger partial charge >= 0.3 is 6.09 Å². The van der Waals surface area contributed by atoms with Crippen LogP contribution >= 0.6 is 0 Å².